The molecule has 0 aliphatic carbocycles. The van der Waals surface area contributed by atoms with E-state index in [1.54, 1.807) is 23.1 Å². The van der Waals surface area contributed by atoms with Crippen LogP contribution in [0.1, 0.15) is 12.3 Å². The van der Waals surface area contributed by atoms with Gasteiger partial charge < -0.3 is 19.8 Å². The molecule has 2 amide bonds. The minimum Gasteiger partial charge on any atom is -0.396 e. The lowest BCUT2D eigenvalue weighted by molar-refractivity contribution is 0.196. The summed E-state index contributed by atoms with van der Waals surface area (Å²) in [6.07, 6.45) is 0.823. The average molecular weight is 337 g/mol. The number of likely N-dealkylation sites (tertiary alicyclic amines) is 1. The van der Waals surface area contributed by atoms with E-state index in [4.69, 9.17) is 21.2 Å². The number of benzene rings is 1. The van der Waals surface area contributed by atoms with Crippen molar-refractivity contribution >= 4 is 17.6 Å². The number of halogens is 1. The Bertz CT molecular complexity index is 691. The Balaban J connectivity index is 1.56. The van der Waals surface area contributed by atoms with E-state index in [-0.39, 0.29) is 25.1 Å². The molecular weight excluding hydrogens is 320 g/mol. The van der Waals surface area contributed by atoms with Gasteiger partial charge in [0.15, 0.2) is 0 Å². The van der Waals surface area contributed by atoms with E-state index in [1.807, 2.05) is 6.07 Å². The van der Waals surface area contributed by atoms with E-state index in [0.717, 1.165) is 12.0 Å². The van der Waals surface area contributed by atoms with E-state index in [9.17, 15) is 4.79 Å². The Morgan fingerprint density at radius 1 is 1.52 bits per heavy atom. The Labute approximate surface area is 138 Å². The topological polar surface area (TPSA) is 91.5 Å². The van der Waals surface area contributed by atoms with Crippen LogP contribution in [0.5, 0.6) is 0 Å². The molecule has 1 aromatic carbocycles. The van der Waals surface area contributed by atoms with Gasteiger partial charge in [-0.2, -0.15) is 4.98 Å². The van der Waals surface area contributed by atoms with Gasteiger partial charge in [-0.25, -0.2) is 4.79 Å². The molecule has 0 bridgehead atoms. The summed E-state index contributed by atoms with van der Waals surface area (Å²) in [7, 11) is 0. The summed E-state index contributed by atoms with van der Waals surface area (Å²) < 4.78 is 5.14. The van der Waals surface area contributed by atoms with Crippen LogP contribution in [0.25, 0.3) is 11.4 Å². The highest BCUT2D eigenvalue weighted by Crippen LogP contribution is 2.20. The van der Waals surface area contributed by atoms with E-state index >= 15 is 0 Å². The van der Waals surface area contributed by atoms with Crippen LogP contribution >= 0.6 is 11.6 Å². The van der Waals surface area contributed by atoms with Crippen LogP contribution in [0.3, 0.4) is 0 Å². The van der Waals surface area contributed by atoms with Gasteiger partial charge in [-0.05, 0) is 18.6 Å². The van der Waals surface area contributed by atoms with Gasteiger partial charge in [0, 0.05) is 36.2 Å². The van der Waals surface area contributed by atoms with E-state index in [1.165, 1.54) is 0 Å². The van der Waals surface area contributed by atoms with Crippen molar-refractivity contribution in [3.05, 3.63) is 35.2 Å². The number of urea groups is 1. The second-order valence-electron chi connectivity index (χ2n) is 5.46. The number of aliphatic hydroxyl groups is 1. The van der Waals surface area contributed by atoms with Gasteiger partial charge >= 0.3 is 6.03 Å². The Morgan fingerprint density at radius 2 is 2.39 bits per heavy atom. The highest BCUT2D eigenvalue weighted by atomic mass is 35.5. The monoisotopic (exact) mass is 336 g/mol. The van der Waals surface area contributed by atoms with E-state index < -0.39 is 0 Å². The molecule has 8 heteroatoms. The summed E-state index contributed by atoms with van der Waals surface area (Å²) in [4.78, 5) is 17.9. The molecule has 0 saturated carbocycles. The number of hydrogen-bond acceptors (Lipinski definition) is 5. The van der Waals surface area contributed by atoms with Gasteiger partial charge in [0.1, 0.15) is 0 Å². The van der Waals surface area contributed by atoms with Gasteiger partial charge in [0.25, 0.3) is 0 Å². The number of hydrogen-bond donors (Lipinski definition) is 2. The smallest absolute Gasteiger partial charge is 0.317 e. The van der Waals surface area contributed by atoms with Crippen LogP contribution in [-0.4, -0.2) is 45.9 Å². The van der Waals surface area contributed by atoms with Crippen LogP contribution in [0.15, 0.2) is 28.8 Å². The molecule has 23 heavy (non-hydrogen) atoms. The number of aliphatic hydroxyl groups excluding tert-OH is 1. The molecule has 1 saturated heterocycles. The van der Waals surface area contributed by atoms with Crippen molar-refractivity contribution in [3.63, 3.8) is 0 Å². The van der Waals surface area contributed by atoms with Gasteiger partial charge in [0.2, 0.25) is 11.7 Å². The van der Waals surface area contributed by atoms with Crippen molar-refractivity contribution in [2.75, 3.05) is 19.7 Å². The highest BCUT2D eigenvalue weighted by Gasteiger charge is 2.25. The fraction of sp³-hybridized carbons (Fsp3) is 0.400. The normalized spacial score (nSPS) is 17.5. The summed E-state index contributed by atoms with van der Waals surface area (Å²) in [6.45, 7) is 1.48. The molecule has 7 nitrogen and oxygen atoms in total. The molecule has 122 valence electrons. The summed E-state index contributed by atoms with van der Waals surface area (Å²) in [5.41, 5.74) is 0.754. The van der Waals surface area contributed by atoms with Crippen LogP contribution in [0, 0.1) is 5.92 Å². The molecular formula is C15H17ClN4O3. The average Bonchev–Trinajstić information content (AvgIpc) is 3.22. The fourth-order valence-corrected chi connectivity index (χ4v) is 2.69. The number of nitrogens with one attached hydrogen (secondary N) is 1. The predicted octanol–water partition coefficient (Wildman–Crippen LogP) is 1.91. The number of nitrogens with zero attached hydrogens (tertiary/aromatic N) is 3. The highest BCUT2D eigenvalue weighted by molar-refractivity contribution is 6.30. The maximum Gasteiger partial charge on any atom is 0.317 e. The largest absolute Gasteiger partial charge is 0.396 e. The minimum absolute atomic E-state index is 0.108. The summed E-state index contributed by atoms with van der Waals surface area (Å²) in [5.74, 6) is 0.920. The summed E-state index contributed by atoms with van der Waals surface area (Å²) >= 11 is 5.93. The van der Waals surface area contributed by atoms with Crippen molar-refractivity contribution in [1.29, 1.82) is 0 Å². The van der Waals surface area contributed by atoms with Crippen molar-refractivity contribution < 1.29 is 14.4 Å². The quantitative estimate of drug-likeness (QED) is 0.890. The van der Waals surface area contributed by atoms with Crippen molar-refractivity contribution in [3.8, 4) is 11.4 Å². The third-order valence-corrected chi connectivity index (χ3v) is 4.01. The first-order valence-corrected chi connectivity index (χ1v) is 7.75. The van der Waals surface area contributed by atoms with Crippen LogP contribution in [0.2, 0.25) is 5.02 Å². The van der Waals surface area contributed by atoms with Crippen molar-refractivity contribution in [2.45, 2.75) is 13.0 Å². The number of carbonyl (C=O) groups is 1. The minimum atomic E-state index is -0.191. The van der Waals surface area contributed by atoms with Gasteiger partial charge in [-0.3, -0.25) is 0 Å². The zero-order chi connectivity index (χ0) is 16.2. The number of carbonyl (C=O) groups excluding carboxylic acids is 1. The van der Waals surface area contributed by atoms with Gasteiger partial charge in [-0.1, -0.05) is 28.9 Å². The Hall–Kier alpha value is -2.12. The van der Waals surface area contributed by atoms with Crippen LogP contribution in [0.4, 0.5) is 4.79 Å². The molecule has 0 spiro atoms. The van der Waals surface area contributed by atoms with E-state index in [2.05, 4.69) is 15.5 Å². The predicted molar refractivity (Wildman–Crippen MR) is 83.7 cm³/mol. The standard InChI is InChI=1S/C15H17ClN4O3/c16-12-3-1-2-11(6-12)14-18-13(23-19-14)7-17-15(22)20-5-4-10(8-20)9-21/h1-3,6,10,21H,4-5,7-9H2,(H,17,22). The first-order chi connectivity index (χ1) is 11.2. The fourth-order valence-electron chi connectivity index (χ4n) is 2.50. The molecule has 1 unspecified atom stereocenters. The molecule has 0 radical (unpaired) electrons. The SMILES string of the molecule is O=C(NCc1nc(-c2cccc(Cl)c2)no1)N1CCC(CO)C1. The van der Waals surface area contributed by atoms with Crippen LogP contribution in [-0.2, 0) is 6.54 Å². The first-order valence-electron chi connectivity index (χ1n) is 7.38. The molecule has 2 N–H and O–H groups in total. The second kappa shape index (κ2) is 6.97. The third-order valence-electron chi connectivity index (χ3n) is 3.77. The zero-order valence-electron chi connectivity index (χ0n) is 12.4. The Morgan fingerprint density at radius 3 is 3.13 bits per heavy atom. The molecule has 1 aliphatic heterocycles. The summed E-state index contributed by atoms with van der Waals surface area (Å²) in [5, 5.41) is 16.3. The van der Waals surface area contributed by atoms with Gasteiger partial charge in [0.05, 0.1) is 6.54 Å². The van der Waals surface area contributed by atoms with Crippen molar-refractivity contribution in [1.82, 2.24) is 20.4 Å². The maximum absolute atomic E-state index is 12.0. The molecule has 1 aromatic heterocycles. The lowest BCUT2D eigenvalue weighted by Crippen LogP contribution is -2.38. The molecule has 1 aliphatic rings. The van der Waals surface area contributed by atoms with Crippen LogP contribution < -0.4 is 5.32 Å². The Kier molecular flexibility index (Phi) is 4.78. The van der Waals surface area contributed by atoms with Crippen molar-refractivity contribution in [2.24, 2.45) is 5.92 Å². The molecule has 2 heterocycles. The molecule has 1 fully saturated rings. The third kappa shape index (κ3) is 3.80. The maximum atomic E-state index is 12.0. The lowest BCUT2D eigenvalue weighted by atomic mass is 10.1. The molecule has 3 rings (SSSR count). The lowest BCUT2D eigenvalue weighted by Gasteiger charge is -2.16. The van der Waals surface area contributed by atoms with E-state index in [0.29, 0.717) is 29.8 Å². The number of rotatable bonds is 4. The zero-order valence-corrected chi connectivity index (χ0v) is 13.2. The van der Waals surface area contributed by atoms with Gasteiger partial charge in [-0.15, -0.1) is 0 Å². The summed E-state index contributed by atoms with van der Waals surface area (Å²) in [6, 6.07) is 6.96. The first kappa shape index (κ1) is 15.8. The molecule has 1 atom stereocenters. The number of aromatic nitrogens is 2. The second-order valence-corrected chi connectivity index (χ2v) is 5.90. The number of amides is 2. The molecule has 2 aromatic rings.